The number of carbonyl (C=O) groups is 1. The van der Waals surface area contributed by atoms with Gasteiger partial charge in [0.05, 0.1) is 7.11 Å². The molecule has 0 aliphatic rings. The van der Waals surface area contributed by atoms with E-state index in [0.717, 1.165) is 5.56 Å². The van der Waals surface area contributed by atoms with Crippen LogP contribution in [0.5, 0.6) is 5.75 Å². The molecule has 0 saturated heterocycles. The van der Waals surface area contributed by atoms with Crippen molar-refractivity contribution in [3.8, 4) is 16.9 Å². The summed E-state index contributed by atoms with van der Waals surface area (Å²) in [6.07, 6.45) is -0.776. The molecule has 0 radical (unpaired) electrons. The molecule has 0 N–H and O–H groups in total. The highest BCUT2D eigenvalue weighted by Crippen LogP contribution is 2.26. The van der Waals surface area contributed by atoms with Crippen LogP contribution in [-0.4, -0.2) is 19.2 Å². The summed E-state index contributed by atoms with van der Waals surface area (Å²) in [5.41, 5.74) is 1.28. The summed E-state index contributed by atoms with van der Waals surface area (Å²) in [5, 5.41) is 0. The minimum Gasteiger partial charge on any atom is -0.479 e. The lowest BCUT2D eigenvalue weighted by Crippen LogP contribution is -2.24. The number of rotatable bonds is 4. The van der Waals surface area contributed by atoms with Crippen molar-refractivity contribution in [1.29, 1.82) is 0 Å². The van der Waals surface area contributed by atoms with Crippen LogP contribution in [0.1, 0.15) is 6.92 Å². The SMILES string of the molecule is COC(=O)[C@@H](C)Oc1ccc(-c2ccccc2)c(F)c1. The van der Waals surface area contributed by atoms with Crippen LogP contribution in [-0.2, 0) is 9.53 Å². The van der Waals surface area contributed by atoms with E-state index in [-0.39, 0.29) is 0 Å². The Morgan fingerprint density at radius 1 is 1.15 bits per heavy atom. The molecule has 104 valence electrons. The Morgan fingerprint density at radius 3 is 2.45 bits per heavy atom. The Labute approximate surface area is 117 Å². The van der Waals surface area contributed by atoms with Crippen molar-refractivity contribution in [2.75, 3.05) is 7.11 Å². The van der Waals surface area contributed by atoms with Gasteiger partial charge in [-0.1, -0.05) is 30.3 Å². The van der Waals surface area contributed by atoms with Crippen LogP contribution in [0, 0.1) is 5.82 Å². The van der Waals surface area contributed by atoms with E-state index in [2.05, 4.69) is 4.74 Å². The molecule has 0 heterocycles. The molecule has 2 rings (SSSR count). The van der Waals surface area contributed by atoms with Crippen LogP contribution in [0.3, 0.4) is 0 Å². The van der Waals surface area contributed by atoms with Crippen LogP contribution in [0.25, 0.3) is 11.1 Å². The molecule has 0 spiro atoms. The summed E-state index contributed by atoms with van der Waals surface area (Å²) in [5.74, 6) is -0.608. The number of methoxy groups -OCH3 is 1. The third-order valence-electron chi connectivity index (χ3n) is 2.87. The van der Waals surface area contributed by atoms with Crippen molar-refractivity contribution in [2.24, 2.45) is 0 Å². The number of halogens is 1. The Kier molecular flexibility index (Phi) is 4.35. The van der Waals surface area contributed by atoms with Gasteiger partial charge >= 0.3 is 5.97 Å². The fourth-order valence-electron chi connectivity index (χ4n) is 1.84. The van der Waals surface area contributed by atoms with Gasteiger partial charge in [0.1, 0.15) is 11.6 Å². The standard InChI is InChI=1S/C16H15FO3/c1-11(16(18)19-2)20-13-8-9-14(15(17)10-13)12-6-4-3-5-7-12/h3-11H,1-2H3/t11-/m1/s1. The molecule has 0 aromatic heterocycles. The molecule has 2 aromatic rings. The molecule has 0 unspecified atom stereocenters. The second-order valence-electron chi connectivity index (χ2n) is 4.29. The van der Waals surface area contributed by atoms with Gasteiger partial charge in [-0.15, -0.1) is 0 Å². The maximum absolute atomic E-state index is 14.1. The van der Waals surface area contributed by atoms with Gasteiger partial charge < -0.3 is 9.47 Å². The quantitative estimate of drug-likeness (QED) is 0.801. The van der Waals surface area contributed by atoms with Crippen LogP contribution in [0.15, 0.2) is 48.5 Å². The molecule has 0 fully saturated rings. The summed E-state index contributed by atoms with van der Waals surface area (Å²) in [6, 6.07) is 13.7. The number of hydrogen-bond acceptors (Lipinski definition) is 3. The largest absolute Gasteiger partial charge is 0.479 e. The monoisotopic (exact) mass is 274 g/mol. The average molecular weight is 274 g/mol. The highest BCUT2D eigenvalue weighted by atomic mass is 19.1. The highest BCUT2D eigenvalue weighted by molar-refractivity contribution is 5.74. The van der Waals surface area contributed by atoms with E-state index in [1.165, 1.54) is 13.2 Å². The van der Waals surface area contributed by atoms with Crippen molar-refractivity contribution in [2.45, 2.75) is 13.0 Å². The smallest absolute Gasteiger partial charge is 0.346 e. The zero-order chi connectivity index (χ0) is 14.5. The molecule has 0 aliphatic heterocycles. The van der Waals surface area contributed by atoms with E-state index in [9.17, 15) is 9.18 Å². The lowest BCUT2D eigenvalue weighted by molar-refractivity contribution is -0.147. The zero-order valence-corrected chi connectivity index (χ0v) is 11.3. The molecule has 4 heteroatoms. The third-order valence-corrected chi connectivity index (χ3v) is 2.87. The van der Waals surface area contributed by atoms with Crippen molar-refractivity contribution in [3.63, 3.8) is 0 Å². The predicted octanol–water partition coefficient (Wildman–Crippen LogP) is 3.43. The Morgan fingerprint density at radius 2 is 1.85 bits per heavy atom. The fourth-order valence-corrected chi connectivity index (χ4v) is 1.84. The lowest BCUT2D eigenvalue weighted by atomic mass is 10.1. The van der Waals surface area contributed by atoms with Crippen LogP contribution in [0.4, 0.5) is 4.39 Å². The maximum Gasteiger partial charge on any atom is 0.346 e. The molecule has 20 heavy (non-hydrogen) atoms. The van der Waals surface area contributed by atoms with Gasteiger partial charge in [-0.2, -0.15) is 0 Å². The number of esters is 1. The summed E-state index contributed by atoms with van der Waals surface area (Å²) in [7, 11) is 1.28. The first-order valence-corrected chi connectivity index (χ1v) is 6.21. The molecule has 0 aliphatic carbocycles. The van der Waals surface area contributed by atoms with E-state index in [1.54, 1.807) is 19.1 Å². The zero-order valence-electron chi connectivity index (χ0n) is 11.3. The van der Waals surface area contributed by atoms with Crippen LogP contribution in [0.2, 0.25) is 0 Å². The number of carbonyl (C=O) groups excluding carboxylic acids is 1. The normalized spacial score (nSPS) is 11.8. The van der Waals surface area contributed by atoms with Crippen LogP contribution < -0.4 is 4.74 Å². The van der Waals surface area contributed by atoms with Crippen molar-refractivity contribution in [1.82, 2.24) is 0 Å². The molecule has 0 saturated carbocycles. The number of benzene rings is 2. The van der Waals surface area contributed by atoms with Gasteiger partial charge in [0.2, 0.25) is 0 Å². The Hall–Kier alpha value is -2.36. The van der Waals surface area contributed by atoms with E-state index >= 15 is 0 Å². The van der Waals surface area contributed by atoms with Gasteiger partial charge in [0, 0.05) is 11.6 Å². The minimum atomic E-state index is -0.776. The first kappa shape index (κ1) is 14.1. The van der Waals surface area contributed by atoms with Gasteiger partial charge in [-0.25, -0.2) is 9.18 Å². The fraction of sp³-hybridized carbons (Fsp3) is 0.188. The van der Waals surface area contributed by atoms with Gasteiger partial charge in [-0.3, -0.25) is 0 Å². The molecule has 1 atom stereocenters. The van der Waals surface area contributed by atoms with Crippen molar-refractivity contribution >= 4 is 5.97 Å². The maximum atomic E-state index is 14.1. The topological polar surface area (TPSA) is 35.5 Å². The minimum absolute atomic E-state index is 0.292. The van der Waals surface area contributed by atoms with Crippen LogP contribution >= 0.6 is 0 Å². The van der Waals surface area contributed by atoms with E-state index < -0.39 is 17.9 Å². The van der Waals surface area contributed by atoms with Crippen molar-refractivity contribution < 1.29 is 18.7 Å². The summed E-state index contributed by atoms with van der Waals surface area (Å²) >= 11 is 0. The predicted molar refractivity (Wildman–Crippen MR) is 73.9 cm³/mol. The number of ether oxygens (including phenoxy) is 2. The summed E-state index contributed by atoms with van der Waals surface area (Å²) < 4.78 is 23.9. The highest BCUT2D eigenvalue weighted by Gasteiger charge is 2.15. The first-order chi connectivity index (χ1) is 9.61. The molecule has 3 nitrogen and oxygen atoms in total. The summed E-state index contributed by atoms with van der Waals surface area (Å²) in [6.45, 7) is 1.55. The van der Waals surface area contributed by atoms with Gasteiger partial charge in [-0.05, 0) is 24.6 Å². The lowest BCUT2D eigenvalue weighted by Gasteiger charge is -2.13. The van der Waals surface area contributed by atoms with E-state index in [1.807, 2.05) is 30.3 Å². The molecule has 2 aromatic carbocycles. The summed E-state index contributed by atoms with van der Waals surface area (Å²) in [4.78, 5) is 11.2. The number of hydrogen-bond donors (Lipinski definition) is 0. The third kappa shape index (κ3) is 3.15. The van der Waals surface area contributed by atoms with E-state index in [0.29, 0.717) is 11.3 Å². The first-order valence-electron chi connectivity index (χ1n) is 6.21. The van der Waals surface area contributed by atoms with Gasteiger partial charge in [0.15, 0.2) is 6.10 Å². The second-order valence-corrected chi connectivity index (χ2v) is 4.29. The second kappa shape index (κ2) is 6.19. The van der Waals surface area contributed by atoms with E-state index in [4.69, 9.17) is 4.74 Å². The molecular formula is C16H15FO3. The Balaban J connectivity index is 2.20. The van der Waals surface area contributed by atoms with Gasteiger partial charge in [0.25, 0.3) is 0 Å². The average Bonchev–Trinajstić information content (AvgIpc) is 2.47. The molecule has 0 bridgehead atoms. The van der Waals surface area contributed by atoms with Crippen molar-refractivity contribution in [3.05, 3.63) is 54.3 Å². The molecule has 0 amide bonds. The molecular weight excluding hydrogens is 259 g/mol. The Bertz CT molecular complexity index is 596.